The fourth-order valence-corrected chi connectivity index (χ4v) is 3.17. The van der Waals surface area contributed by atoms with Gasteiger partial charge in [0, 0.05) is 11.5 Å². The van der Waals surface area contributed by atoms with Gasteiger partial charge in [-0.05, 0) is 12.5 Å². The van der Waals surface area contributed by atoms with E-state index in [1.807, 2.05) is 12.5 Å². The lowest BCUT2D eigenvalue weighted by atomic mass is 10.2. The van der Waals surface area contributed by atoms with Gasteiger partial charge in [0.05, 0.1) is 12.6 Å². The van der Waals surface area contributed by atoms with Crippen LogP contribution in [0, 0.1) is 0 Å². The Kier molecular flexibility index (Phi) is 5.20. The fraction of sp³-hybridized carbons (Fsp3) is 0.600. The molecule has 1 rings (SSSR count). The lowest BCUT2D eigenvalue weighted by Crippen LogP contribution is -2.41. The van der Waals surface area contributed by atoms with Crippen molar-refractivity contribution in [1.29, 1.82) is 0 Å². The van der Waals surface area contributed by atoms with Crippen LogP contribution in [-0.4, -0.2) is 63.6 Å². The molecule has 1 heterocycles. The van der Waals surface area contributed by atoms with Crippen molar-refractivity contribution in [3.8, 4) is 0 Å². The molecule has 0 unspecified atom stereocenters. The molecule has 0 atom stereocenters. The van der Waals surface area contributed by atoms with Crippen molar-refractivity contribution >= 4 is 35.4 Å². The van der Waals surface area contributed by atoms with Gasteiger partial charge in [0.25, 0.3) is 5.91 Å². The van der Waals surface area contributed by atoms with Crippen LogP contribution in [0.2, 0.25) is 0 Å². The van der Waals surface area contributed by atoms with Crippen LogP contribution < -0.4 is 0 Å². The molecule has 0 saturated heterocycles. The zero-order valence-electron chi connectivity index (χ0n) is 9.67. The van der Waals surface area contributed by atoms with Crippen LogP contribution in [0.4, 0.5) is 0 Å². The average Bonchev–Trinajstić information content (AvgIpc) is 2.56. The Balaban J connectivity index is 2.82. The van der Waals surface area contributed by atoms with Gasteiger partial charge in [-0.25, -0.2) is 4.79 Å². The first-order chi connectivity index (χ1) is 8.02. The topological polar surface area (TPSA) is 77.8 Å². The number of carbonyl (C=O) groups excluding carboxylic acids is 1. The molecule has 0 aromatic heterocycles. The lowest BCUT2D eigenvalue weighted by Gasteiger charge is -2.26. The van der Waals surface area contributed by atoms with E-state index in [-0.39, 0.29) is 18.2 Å². The van der Waals surface area contributed by atoms with E-state index in [1.165, 1.54) is 4.90 Å². The van der Waals surface area contributed by atoms with E-state index in [1.54, 1.807) is 23.5 Å². The first-order valence-corrected chi connectivity index (χ1v) is 7.76. The highest BCUT2D eigenvalue weighted by molar-refractivity contribution is 7.99. The summed E-state index contributed by atoms with van der Waals surface area (Å²) in [5.41, 5.74) is -0.206. The van der Waals surface area contributed by atoms with Gasteiger partial charge in [0.2, 0.25) is 0 Å². The minimum Gasteiger partial charge on any atom is -0.503 e. The molecule has 0 saturated carbocycles. The summed E-state index contributed by atoms with van der Waals surface area (Å²) in [6.07, 6.45) is 3.86. The second-order valence-corrected chi connectivity index (χ2v) is 5.45. The Morgan fingerprint density at radius 3 is 2.29 bits per heavy atom. The molecule has 0 aromatic carbocycles. The van der Waals surface area contributed by atoms with Crippen molar-refractivity contribution in [2.45, 2.75) is 6.04 Å². The predicted molar refractivity (Wildman–Crippen MR) is 69.6 cm³/mol. The number of aliphatic hydroxyl groups is 1. The van der Waals surface area contributed by atoms with E-state index < -0.39 is 17.6 Å². The second-order valence-electron chi connectivity index (χ2n) is 3.63. The molecule has 0 radical (unpaired) electrons. The SMILES string of the molecule is CSCC(CSC)N1CC(C(=O)O)=C(O)C1=O. The summed E-state index contributed by atoms with van der Waals surface area (Å²) in [5, 5.41) is 18.3. The third kappa shape index (κ3) is 3.10. The molecule has 2 N–H and O–H groups in total. The standard InChI is InChI=1S/C10H15NO4S2/c1-16-4-6(5-17-2)11-3-7(10(14)15)8(12)9(11)13/h6,12H,3-5H2,1-2H3,(H,14,15). The number of hydrogen-bond donors (Lipinski definition) is 2. The minimum absolute atomic E-state index is 0.00815. The predicted octanol–water partition coefficient (Wildman–Crippen LogP) is 0.820. The van der Waals surface area contributed by atoms with Crippen LogP contribution in [0.15, 0.2) is 11.3 Å². The maximum atomic E-state index is 11.7. The molecule has 96 valence electrons. The van der Waals surface area contributed by atoms with Crippen LogP contribution >= 0.6 is 23.5 Å². The molecule has 0 spiro atoms. The lowest BCUT2D eigenvalue weighted by molar-refractivity contribution is -0.133. The van der Waals surface area contributed by atoms with Gasteiger partial charge >= 0.3 is 5.97 Å². The van der Waals surface area contributed by atoms with Crippen molar-refractivity contribution in [2.75, 3.05) is 30.6 Å². The van der Waals surface area contributed by atoms with Crippen molar-refractivity contribution in [3.63, 3.8) is 0 Å². The molecule has 7 heteroatoms. The van der Waals surface area contributed by atoms with Crippen molar-refractivity contribution in [1.82, 2.24) is 4.90 Å². The molecule has 0 bridgehead atoms. The normalized spacial score (nSPS) is 16.2. The van der Waals surface area contributed by atoms with Gasteiger partial charge in [-0.1, -0.05) is 0 Å². The van der Waals surface area contributed by atoms with Crippen LogP contribution in [0.1, 0.15) is 0 Å². The number of carboxylic acids is 1. The molecule has 0 aliphatic carbocycles. The van der Waals surface area contributed by atoms with Crippen LogP contribution in [-0.2, 0) is 9.59 Å². The average molecular weight is 277 g/mol. The van der Waals surface area contributed by atoms with E-state index in [0.29, 0.717) is 0 Å². The highest BCUT2D eigenvalue weighted by Gasteiger charge is 2.37. The zero-order valence-corrected chi connectivity index (χ0v) is 11.3. The number of rotatable bonds is 6. The molecule has 1 aliphatic rings. The molecule has 1 amide bonds. The number of carboxylic acid groups (broad SMARTS) is 1. The smallest absolute Gasteiger partial charge is 0.337 e. The molecular formula is C10H15NO4S2. The molecule has 1 aliphatic heterocycles. The number of thioether (sulfide) groups is 2. The van der Waals surface area contributed by atoms with E-state index in [2.05, 4.69) is 0 Å². The summed E-state index contributed by atoms with van der Waals surface area (Å²) in [5.74, 6) is -0.968. The van der Waals surface area contributed by atoms with Crippen molar-refractivity contribution in [3.05, 3.63) is 11.3 Å². The molecule has 0 aromatic rings. The molecule has 5 nitrogen and oxygen atoms in total. The van der Waals surface area contributed by atoms with Gasteiger partial charge in [0.1, 0.15) is 5.57 Å². The number of amides is 1. The maximum absolute atomic E-state index is 11.7. The van der Waals surface area contributed by atoms with Gasteiger partial charge in [-0.3, -0.25) is 4.79 Å². The Morgan fingerprint density at radius 1 is 1.41 bits per heavy atom. The van der Waals surface area contributed by atoms with Crippen LogP contribution in [0.25, 0.3) is 0 Å². The summed E-state index contributed by atoms with van der Waals surface area (Å²) in [6.45, 7) is -0.00815. The Hall–Kier alpha value is -0.820. The highest BCUT2D eigenvalue weighted by atomic mass is 32.2. The highest BCUT2D eigenvalue weighted by Crippen LogP contribution is 2.22. The number of carbonyl (C=O) groups is 2. The number of aliphatic carboxylic acids is 1. The summed E-state index contributed by atoms with van der Waals surface area (Å²) < 4.78 is 0. The number of hydrogen-bond acceptors (Lipinski definition) is 5. The van der Waals surface area contributed by atoms with Crippen LogP contribution in [0.5, 0.6) is 0 Å². The van der Waals surface area contributed by atoms with E-state index in [0.717, 1.165) is 11.5 Å². The quantitative estimate of drug-likeness (QED) is 0.748. The third-order valence-electron chi connectivity index (χ3n) is 2.49. The zero-order chi connectivity index (χ0) is 13.0. The summed E-state index contributed by atoms with van der Waals surface area (Å²) in [7, 11) is 0. The van der Waals surface area contributed by atoms with Crippen molar-refractivity contribution < 1.29 is 19.8 Å². The molecular weight excluding hydrogens is 262 g/mol. The molecule has 17 heavy (non-hydrogen) atoms. The summed E-state index contributed by atoms with van der Waals surface area (Å²) >= 11 is 3.19. The fourth-order valence-electron chi connectivity index (χ4n) is 1.66. The first-order valence-electron chi connectivity index (χ1n) is 4.97. The monoisotopic (exact) mass is 277 g/mol. The van der Waals surface area contributed by atoms with E-state index >= 15 is 0 Å². The Bertz CT molecular complexity index is 350. The second kappa shape index (κ2) is 6.20. The minimum atomic E-state index is -1.23. The van der Waals surface area contributed by atoms with Gasteiger partial charge in [-0.15, -0.1) is 0 Å². The third-order valence-corrected chi connectivity index (χ3v) is 3.93. The van der Waals surface area contributed by atoms with Gasteiger partial charge < -0.3 is 15.1 Å². The van der Waals surface area contributed by atoms with E-state index in [4.69, 9.17) is 5.11 Å². The summed E-state index contributed by atoms with van der Waals surface area (Å²) in [6, 6.07) is -0.0495. The van der Waals surface area contributed by atoms with E-state index in [9.17, 15) is 14.7 Å². The first kappa shape index (κ1) is 14.2. The molecule has 0 fully saturated rings. The summed E-state index contributed by atoms with van der Waals surface area (Å²) in [4.78, 5) is 24.0. The largest absolute Gasteiger partial charge is 0.503 e. The Labute approximate surface area is 108 Å². The number of aliphatic hydroxyl groups excluding tert-OH is 1. The number of nitrogens with zero attached hydrogens (tertiary/aromatic N) is 1. The van der Waals surface area contributed by atoms with Crippen molar-refractivity contribution in [2.24, 2.45) is 0 Å². The van der Waals surface area contributed by atoms with Gasteiger partial charge in [-0.2, -0.15) is 23.5 Å². The van der Waals surface area contributed by atoms with Gasteiger partial charge in [0.15, 0.2) is 5.76 Å². The Morgan fingerprint density at radius 2 is 1.94 bits per heavy atom. The van der Waals surface area contributed by atoms with Crippen LogP contribution in [0.3, 0.4) is 0 Å². The maximum Gasteiger partial charge on any atom is 0.337 e.